The first-order valence-electron chi connectivity index (χ1n) is 5.88. The molecule has 0 aliphatic rings. The van der Waals surface area contributed by atoms with Crippen LogP contribution in [0.1, 0.15) is 12.8 Å². The van der Waals surface area contributed by atoms with Gasteiger partial charge in [-0.05, 0) is 37.1 Å². The maximum Gasteiger partial charge on any atom is 0.147 e. The number of aryl methyl sites for hydroxylation is 1. The number of sulfone groups is 1. The molecule has 0 spiro atoms. The van der Waals surface area contributed by atoms with E-state index in [9.17, 15) is 8.42 Å². The van der Waals surface area contributed by atoms with Crippen molar-refractivity contribution in [2.45, 2.75) is 19.4 Å². The molecule has 0 aliphatic heterocycles. The fraction of sp³-hybridized carbons (Fsp3) is 0.385. The Hall–Kier alpha value is -1.00. The fourth-order valence-corrected chi connectivity index (χ4v) is 2.92. The van der Waals surface area contributed by atoms with Crippen molar-refractivity contribution < 1.29 is 8.42 Å². The Balaban J connectivity index is 2.00. The Labute approximate surface area is 112 Å². The van der Waals surface area contributed by atoms with Gasteiger partial charge >= 0.3 is 0 Å². The van der Waals surface area contributed by atoms with Gasteiger partial charge in [0, 0.05) is 40.7 Å². The number of benzene rings is 1. The molecule has 0 N–H and O–H groups in total. The van der Waals surface area contributed by atoms with Gasteiger partial charge in [-0.2, -0.15) is 0 Å². The Bertz CT molecular complexity index is 646. The third-order valence-corrected chi connectivity index (χ3v) is 4.16. The molecule has 0 amide bonds. The fourth-order valence-electron chi connectivity index (χ4n) is 2.01. The van der Waals surface area contributed by atoms with E-state index in [1.165, 1.54) is 6.26 Å². The summed E-state index contributed by atoms with van der Waals surface area (Å²) in [6.07, 6.45) is 4.85. The number of hydrogen-bond acceptors (Lipinski definition) is 2. The van der Waals surface area contributed by atoms with E-state index in [0.29, 0.717) is 6.42 Å². The number of hydrogen-bond donors (Lipinski definition) is 0. The highest BCUT2D eigenvalue weighted by Crippen LogP contribution is 2.20. The second-order valence-corrected chi connectivity index (χ2v) is 7.25. The van der Waals surface area contributed by atoms with Gasteiger partial charge in [0.05, 0.1) is 0 Å². The van der Waals surface area contributed by atoms with Crippen LogP contribution in [0, 0.1) is 0 Å². The lowest BCUT2D eigenvalue weighted by Gasteiger charge is -2.05. The maximum absolute atomic E-state index is 11.0. The van der Waals surface area contributed by atoms with Crippen molar-refractivity contribution in [1.29, 1.82) is 0 Å². The first-order valence-corrected chi connectivity index (χ1v) is 8.32. The van der Waals surface area contributed by atoms with Gasteiger partial charge in [-0.25, -0.2) is 8.42 Å². The number of aromatic nitrogens is 1. The van der Waals surface area contributed by atoms with Gasteiger partial charge in [-0.3, -0.25) is 0 Å². The van der Waals surface area contributed by atoms with Crippen molar-refractivity contribution >= 4 is 32.3 Å². The minimum absolute atomic E-state index is 0.262. The smallest absolute Gasteiger partial charge is 0.147 e. The molecule has 0 bridgehead atoms. The summed E-state index contributed by atoms with van der Waals surface area (Å²) in [6, 6.07) is 7.83. The van der Waals surface area contributed by atoms with E-state index in [0.717, 1.165) is 28.9 Å². The summed E-state index contributed by atoms with van der Waals surface area (Å²) in [5, 5.41) is 1.85. The van der Waals surface area contributed by atoms with Gasteiger partial charge in [-0.15, -0.1) is 0 Å². The first kappa shape index (κ1) is 13.4. The van der Waals surface area contributed by atoms with E-state index in [2.05, 4.69) is 4.57 Å². The van der Waals surface area contributed by atoms with E-state index in [4.69, 9.17) is 11.6 Å². The molecule has 0 fully saturated rings. The van der Waals surface area contributed by atoms with Crippen LogP contribution in [-0.2, 0) is 16.4 Å². The van der Waals surface area contributed by atoms with Gasteiger partial charge in [0.25, 0.3) is 0 Å². The van der Waals surface area contributed by atoms with E-state index in [-0.39, 0.29) is 5.75 Å². The molecule has 2 aromatic rings. The van der Waals surface area contributed by atoms with Crippen LogP contribution in [0.5, 0.6) is 0 Å². The van der Waals surface area contributed by atoms with Gasteiger partial charge < -0.3 is 4.57 Å². The topological polar surface area (TPSA) is 39.1 Å². The maximum atomic E-state index is 11.0. The molecular formula is C13H16ClNO2S. The highest BCUT2D eigenvalue weighted by Gasteiger charge is 2.04. The van der Waals surface area contributed by atoms with Crippen molar-refractivity contribution in [3.8, 4) is 0 Å². The monoisotopic (exact) mass is 285 g/mol. The number of unbranched alkanes of at least 4 members (excludes halogenated alkanes) is 1. The zero-order valence-electron chi connectivity index (χ0n) is 10.3. The predicted octanol–water partition coefficient (Wildman–Crippen LogP) is 3.12. The minimum Gasteiger partial charge on any atom is -0.347 e. The lowest BCUT2D eigenvalue weighted by Crippen LogP contribution is -2.04. The molecule has 18 heavy (non-hydrogen) atoms. The number of halogens is 1. The Morgan fingerprint density at radius 2 is 2.00 bits per heavy atom. The molecule has 3 nitrogen and oxygen atoms in total. The quantitative estimate of drug-likeness (QED) is 0.792. The first-order chi connectivity index (χ1) is 8.46. The summed E-state index contributed by atoms with van der Waals surface area (Å²) in [7, 11) is -2.84. The molecule has 1 aromatic carbocycles. The summed E-state index contributed by atoms with van der Waals surface area (Å²) >= 11 is 5.93. The molecule has 0 unspecified atom stereocenters. The number of rotatable bonds is 5. The summed E-state index contributed by atoms with van der Waals surface area (Å²) in [5.41, 5.74) is 1.14. The molecule has 1 heterocycles. The minimum atomic E-state index is -2.84. The standard InChI is InChI=1S/C13H16ClNO2S/c1-18(16,17)9-3-2-7-15-8-6-11-10-12(14)4-5-13(11)15/h4-6,8,10H,2-3,7,9H2,1H3. The van der Waals surface area contributed by atoms with Crippen LogP contribution >= 0.6 is 11.6 Å². The van der Waals surface area contributed by atoms with E-state index in [1.807, 2.05) is 30.5 Å². The normalized spacial score (nSPS) is 12.1. The van der Waals surface area contributed by atoms with Crippen LogP contribution in [0.4, 0.5) is 0 Å². The molecule has 5 heteroatoms. The van der Waals surface area contributed by atoms with Gasteiger partial charge in [0.1, 0.15) is 9.84 Å². The van der Waals surface area contributed by atoms with Crippen LogP contribution < -0.4 is 0 Å². The van der Waals surface area contributed by atoms with Gasteiger partial charge in [0.2, 0.25) is 0 Å². The average Bonchev–Trinajstić information content (AvgIpc) is 2.65. The third-order valence-electron chi connectivity index (χ3n) is 2.90. The largest absolute Gasteiger partial charge is 0.347 e. The van der Waals surface area contributed by atoms with Crippen LogP contribution in [0.15, 0.2) is 30.5 Å². The summed E-state index contributed by atoms with van der Waals surface area (Å²) in [5.74, 6) is 0.262. The van der Waals surface area contributed by atoms with Gasteiger partial charge in [-0.1, -0.05) is 11.6 Å². The molecule has 1 aromatic heterocycles. The van der Waals surface area contributed by atoms with Crippen LogP contribution in [-0.4, -0.2) is 25.0 Å². The van der Waals surface area contributed by atoms with Crippen molar-refractivity contribution in [3.05, 3.63) is 35.5 Å². The van der Waals surface area contributed by atoms with E-state index < -0.39 is 9.84 Å². The molecule has 0 saturated carbocycles. The zero-order valence-corrected chi connectivity index (χ0v) is 11.8. The average molecular weight is 286 g/mol. The highest BCUT2D eigenvalue weighted by molar-refractivity contribution is 7.90. The Morgan fingerprint density at radius 1 is 1.22 bits per heavy atom. The van der Waals surface area contributed by atoms with Crippen LogP contribution in [0.25, 0.3) is 10.9 Å². The number of fused-ring (bicyclic) bond motifs is 1. The predicted molar refractivity (Wildman–Crippen MR) is 75.9 cm³/mol. The molecular weight excluding hydrogens is 270 g/mol. The summed E-state index contributed by atoms with van der Waals surface area (Å²) in [4.78, 5) is 0. The van der Waals surface area contributed by atoms with Crippen molar-refractivity contribution in [2.75, 3.05) is 12.0 Å². The summed E-state index contributed by atoms with van der Waals surface area (Å²) < 4.78 is 24.2. The molecule has 0 radical (unpaired) electrons. The molecule has 0 aliphatic carbocycles. The molecule has 2 rings (SSSR count). The lowest BCUT2D eigenvalue weighted by atomic mass is 10.2. The van der Waals surface area contributed by atoms with Gasteiger partial charge in [0.15, 0.2) is 0 Å². The van der Waals surface area contributed by atoms with E-state index >= 15 is 0 Å². The third kappa shape index (κ3) is 3.50. The number of nitrogens with zero attached hydrogens (tertiary/aromatic N) is 1. The van der Waals surface area contributed by atoms with Crippen LogP contribution in [0.3, 0.4) is 0 Å². The van der Waals surface area contributed by atoms with Crippen molar-refractivity contribution in [1.82, 2.24) is 4.57 Å². The van der Waals surface area contributed by atoms with Crippen molar-refractivity contribution in [3.63, 3.8) is 0 Å². The molecule has 0 saturated heterocycles. The second kappa shape index (κ2) is 5.33. The van der Waals surface area contributed by atoms with E-state index in [1.54, 1.807) is 0 Å². The van der Waals surface area contributed by atoms with Crippen molar-refractivity contribution in [2.24, 2.45) is 0 Å². The zero-order chi connectivity index (χ0) is 13.2. The molecule has 98 valence electrons. The molecule has 0 atom stereocenters. The van der Waals surface area contributed by atoms with Crippen LogP contribution in [0.2, 0.25) is 5.02 Å². The SMILES string of the molecule is CS(=O)(=O)CCCCn1ccc2cc(Cl)ccc21. The lowest BCUT2D eigenvalue weighted by molar-refractivity contribution is 0.590. The summed E-state index contributed by atoms with van der Waals surface area (Å²) in [6.45, 7) is 0.834. The second-order valence-electron chi connectivity index (χ2n) is 4.55. The highest BCUT2D eigenvalue weighted by atomic mass is 35.5. The Morgan fingerprint density at radius 3 is 2.72 bits per heavy atom. The Kier molecular flexibility index (Phi) is 3.97.